The highest BCUT2D eigenvalue weighted by Gasteiger charge is 2.13. The number of amides is 1. The first kappa shape index (κ1) is 15.4. The predicted octanol–water partition coefficient (Wildman–Crippen LogP) is 2.42. The molecule has 0 unspecified atom stereocenters. The summed E-state index contributed by atoms with van der Waals surface area (Å²) < 4.78 is 0. The number of aromatic nitrogens is 2. The maximum absolute atomic E-state index is 12.1. The van der Waals surface area contributed by atoms with E-state index in [1.54, 1.807) is 18.1 Å². The fourth-order valence-corrected chi connectivity index (χ4v) is 1.53. The van der Waals surface area contributed by atoms with E-state index in [1.807, 2.05) is 0 Å². The van der Waals surface area contributed by atoms with Gasteiger partial charge in [0.05, 0.1) is 12.4 Å². The molecule has 0 aliphatic rings. The van der Waals surface area contributed by atoms with Crippen LogP contribution in [0.1, 0.15) is 44.1 Å². The minimum Gasteiger partial charge on any atom is -0.369 e. The third-order valence-corrected chi connectivity index (χ3v) is 2.82. The molecule has 1 heterocycles. The van der Waals surface area contributed by atoms with Crippen molar-refractivity contribution >= 4 is 11.7 Å². The fourth-order valence-electron chi connectivity index (χ4n) is 1.53. The van der Waals surface area contributed by atoms with Gasteiger partial charge < -0.3 is 10.2 Å². The summed E-state index contributed by atoms with van der Waals surface area (Å²) in [6.45, 7) is 7.98. The molecule has 1 N–H and O–H groups in total. The van der Waals surface area contributed by atoms with E-state index in [0.717, 1.165) is 25.9 Å². The zero-order chi connectivity index (χ0) is 14.3. The Morgan fingerprint density at radius 3 is 2.63 bits per heavy atom. The lowest BCUT2D eigenvalue weighted by Crippen LogP contribution is -2.29. The van der Waals surface area contributed by atoms with Crippen LogP contribution in [-0.4, -0.2) is 40.9 Å². The summed E-state index contributed by atoms with van der Waals surface area (Å²) >= 11 is 0. The van der Waals surface area contributed by atoms with E-state index in [0.29, 0.717) is 17.4 Å². The molecule has 0 radical (unpaired) electrons. The number of hydrogen-bond donors (Lipinski definition) is 1. The Kier molecular flexibility index (Phi) is 6.25. The molecule has 1 rings (SSSR count). The highest BCUT2D eigenvalue weighted by atomic mass is 16.2. The first-order chi connectivity index (χ1) is 9.04. The third kappa shape index (κ3) is 5.24. The van der Waals surface area contributed by atoms with Crippen molar-refractivity contribution in [3.8, 4) is 0 Å². The van der Waals surface area contributed by atoms with Crippen LogP contribution in [0.3, 0.4) is 0 Å². The quantitative estimate of drug-likeness (QED) is 0.821. The van der Waals surface area contributed by atoms with Gasteiger partial charge in [0.15, 0.2) is 0 Å². The molecule has 1 aromatic heterocycles. The molecule has 1 amide bonds. The summed E-state index contributed by atoms with van der Waals surface area (Å²) in [4.78, 5) is 22.1. The van der Waals surface area contributed by atoms with Crippen LogP contribution in [0.4, 0.5) is 5.82 Å². The molecule has 0 aliphatic heterocycles. The fraction of sp³-hybridized carbons (Fsp3) is 0.643. The lowest BCUT2D eigenvalue weighted by atomic mass is 10.1. The maximum atomic E-state index is 12.1. The minimum atomic E-state index is -0.0739. The summed E-state index contributed by atoms with van der Waals surface area (Å²) in [5.41, 5.74) is 0.397. The SMILES string of the molecule is CCCNc1cnc(C(=O)N(C)CCC(C)C)cn1. The minimum absolute atomic E-state index is 0.0739. The second-order valence-electron chi connectivity index (χ2n) is 5.12. The van der Waals surface area contributed by atoms with Crippen LogP contribution in [0.25, 0.3) is 0 Å². The van der Waals surface area contributed by atoms with Crippen LogP contribution in [0.15, 0.2) is 12.4 Å². The number of hydrogen-bond acceptors (Lipinski definition) is 4. The van der Waals surface area contributed by atoms with E-state index in [9.17, 15) is 4.79 Å². The average molecular weight is 264 g/mol. The first-order valence-corrected chi connectivity index (χ1v) is 6.86. The van der Waals surface area contributed by atoms with E-state index >= 15 is 0 Å². The van der Waals surface area contributed by atoms with Gasteiger partial charge in [-0.05, 0) is 18.8 Å². The number of rotatable bonds is 7. The number of anilines is 1. The topological polar surface area (TPSA) is 58.1 Å². The van der Waals surface area contributed by atoms with Gasteiger partial charge in [0.25, 0.3) is 5.91 Å². The molecule has 106 valence electrons. The van der Waals surface area contributed by atoms with Crippen molar-refractivity contribution < 1.29 is 4.79 Å². The molecule has 0 saturated carbocycles. The maximum Gasteiger partial charge on any atom is 0.273 e. The summed E-state index contributed by atoms with van der Waals surface area (Å²) in [6, 6.07) is 0. The lowest BCUT2D eigenvalue weighted by molar-refractivity contribution is 0.0783. The van der Waals surface area contributed by atoms with Crippen molar-refractivity contribution in [1.29, 1.82) is 0 Å². The second kappa shape index (κ2) is 7.71. The van der Waals surface area contributed by atoms with Crippen molar-refractivity contribution in [3.63, 3.8) is 0 Å². The van der Waals surface area contributed by atoms with E-state index in [4.69, 9.17) is 0 Å². The molecule has 0 atom stereocenters. The van der Waals surface area contributed by atoms with Crippen LogP contribution < -0.4 is 5.32 Å². The molecule has 19 heavy (non-hydrogen) atoms. The number of nitrogens with one attached hydrogen (secondary N) is 1. The standard InChI is InChI=1S/C14H24N4O/c1-5-7-15-13-10-16-12(9-17-13)14(19)18(4)8-6-11(2)3/h9-11H,5-8H2,1-4H3,(H,15,17). The molecule has 5 heteroatoms. The van der Waals surface area contributed by atoms with Gasteiger partial charge in [-0.2, -0.15) is 0 Å². The Hall–Kier alpha value is -1.65. The van der Waals surface area contributed by atoms with Crippen molar-refractivity contribution in [2.75, 3.05) is 25.5 Å². The summed E-state index contributed by atoms with van der Waals surface area (Å²) in [7, 11) is 1.80. The third-order valence-electron chi connectivity index (χ3n) is 2.82. The molecule has 5 nitrogen and oxygen atoms in total. The van der Waals surface area contributed by atoms with E-state index in [2.05, 4.69) is 36.1 Å². The molecule has 1 aromatic rings. The molecule has 0 bridgehead atoms. The van der Waals surface area contributed by atoms with Gasteiger partial charge in [0.1, 0.15) is 11.5 Å². The lowest BCUT2D eigenvalue weighted by Gasteiger charge is -2.17. The van der Waals surface area contributed by atoms with Gasteiger partial charge in [0.2, 0.25) is 0 Å². The highest BCUT2D eigenvalue weighted by Crippen LogP contribution is 2.06. The molecule has 0 aliphatic carbocycles. The summed E-state index contributed by atoms with van der Waals surface area (Å²) in [5, 5.41) is 3.13. The highest BCUT2D eigenvalue weighted by molar-refractivity contribution is 5.91. The second-order valence-corrected chi connectivity index (χ2v) is 5.12. The molecular formula is C14H24N4O. The van der Waals surface area contributed by atoms with Gasteiger partial charge in [-0.1, -0.05) is 20.8 Å². The number of nitrogens with zero attached hydrogens (tertiary/aromatic N) is 3. The summed E-state index contributed by atoms with van der Waals surface area (Å²) in [6.07, 6.45) is 5.16. The van der Waals surface area contributed by atoms with Crippen LogP contribution >= 0.6 is 0 Å². The van der Waals surface area contributed by atoms with E-state index in [-0.39, 0.29) is 5.91 Å². The predicted molar refractivity (Wildman–Crippen MR) is 77.2 cm³/mol. The molecule has 0 fully saturated rings. The van der Waals surface area contributed by atoms with E-state index in [1.165, 1.54) is 6.20 Å². The Morgan fingerprint density at radius 1 is 1.37 bits per heavy atom. The largest absolute Gasteiger partial charge is 0.369 e. The molecular weight excluding hydrogens is 240 g/mol. The van der Waals surface area contributed by atoms with Crippen LogP contribution in [-0.2, 0) is 0 Å². The Morgan fingerprint density at radius 2 is 2.11 bits per heavy atom. The van der Waals surface area contributed by atoms with Gasteiger partial charge in [0, 0.05) is 20.1 Å². The van der Waals surface area contributed by atoms with E-state index < -0.39 is 0 Å². The molecule has 0 saturated heterocycles. The smallest absolute Gasteiger partial charge is 0.273 e. The van der Waals surface area contributed by atoms with Crippen LogP contribution in [0.5, 0.6) is 0 Å². The van der Waals surface area contributed by atoms with Gasteiger partial charge in [-0.3, -0.25) is 4.79 Å². The summed E-state index contributed by atoms with van der Waals surface area (Å²) in [5.74, 6) is 1.22. The Labute approximate surface area is 115 Å². The monoisotopic (exact) mass is 264 g/mol. The Bertz CT molecular complexity index is 389. The first-order valence-electron chi connectivity index (χ1n) is 6.86. The zero-order valence-electron chi connectivity index (χ0n) is 12.3. The van der Waals surface area contributed by atoms with Crippen molar-refractivity contribution in [3.05, 3.63) is 18.1 Å². The van der Waals surface area contributed by atoms with Crippen molar-refractivity contribution in [1.82, 2.24) is 14.9 Å². The van der Waals surface area contributed by atoms with Gasteiger partial charge in [-0.25, -0.2) is 9.97 Å². The molecule has 0 aromatic carbocycles. The van der Waals surface area contributed by atoms with Crippen molar-refractivity contribution in [2.45, 2.75) is 33.6 Å². The number of carbonyl (C=O) groups is 1. The number of carbonyl (C=O) groups excluding carboxylic acids is 1. The Balaban J connectivity index is 2.56. The zero-order valence-corrected chi connectivity index (χ0v) is 12.3. The van der Waals surface area contributed by atoms with Gasteiger partial charge in [-0.15, -0.1) is 0 Å². The van der Waals surface area contributed by atoms with Crippen LogP contribution in [0, 0.1) is 5.92 Å². The van der Waals surface area contributed by atoms with Crippen LogP contribution in [0.2, 0.25) is 0 Å². The molecule has 0 spiro atoms. The van der Waals surface area contributed by atoms with Gasteiger partial charge >= 0.3 is 0 Å². The normalized spacial score (nSPS) is 10.6. The average Bonchev–Trinajstić information content (AvgIpc) is 2.42. The van der Waals surface area contributed by atoms with Crippen molar-refractivity contribution in [2.24, 2.45) is 5.92 Å².